The van der Waals surface area contributed by atoms with Crippen molar-refractivity contribution in [2.24, 2.45) is 0 Å². The first-order valence-corrected chi connectivity index (χ1v) is 8.81. The molecule has 1 aromatic rings. The Morgan fingerprint density at radius 2 is 1.33 bits per heavy atom. The molecule has 0 aliphatic heterocycles. The largest absolute Gasteiger partial charge is 0.457 e. The van der Waals surface area contributed by atoms with Gasteiger partial charge in [-0.1, -0.05) is 63.7 Å². The van der Waals surface area contributed by atoms with E-state index in [0.717, 1.165) is 6.07 Å². The molecule has 0 bridgehead atoms. The van der Waals surface area contributed by atoms with Gasteiger partial charge < -0.3 is 0 Å². The van der Waals surface area contributed by atoms with Gasteiger partial charge in [0.25, 0.3) is 0 Å². The average Bonchev–Trinajstić information content (AvgIpc) is 2.44. The van der Waals surface area contributed by atoms with Gasteiger partial charge in [-0.25, -0.2) is 4.39 Å². The van der Waals surface area contributed by atoms with E-state index in [-0.39, 0.29) is 18.1 Å². The Kier molecular flexibility index (Phi) is 7.07. The summed E-state index contributed by atoms with van der Waals surface area (Å²) in [6, 6.07) is 1.38. The van der Waals surface area contributed by atoms with Crippen LogP contribution in [0, 0.1) is 0 Å². The predicted octanol–water partition coefficient (Wildman–Crippen LogP) is 7.85. The summed E-state index contributed by atoms with van der Waals surface area (Å²) in [5, 5.41) is 0. The minimum Gasteiger partial charge on any atom is -0.221 e. The Morgan fingerprint density at radius 3 is 1.67 bits per heavy atom. The first kappa shape index (κ1) is 25.0. The molecule has 1 aromatic carbocycles. The van der Waals surface area contributed by atoms with Gasteiger partial charge >= 0.3 is 23.9 Å². The molecule has 0 saturated heterocycles. The third-order valence-electron chi connectivity index (χ3n) is 3.59. The maximum atomic E-state index is 14.9. The number of hydrogen-bond donors (Lipinski definition) is 0. The molecule has 0 fully saturated rings. The van der Waals surface area contributed by atoms with E-state index >= 15 is 0 Å². The Morgan fingerprint density at radius 1 is 0.852 bits per heavy atom. The van der Waals surface area contributed by atoms with E-state index in [0.29, 0.717) is 0 Å². The standard InChI is InChI=1S/C14H9BrCl3F9/c1-2-6-3-8(7(9(15)4-6)5-10(16,17)18)11(19,13(22,23)24)12(20,21)14(25,26)27/h3-4H,2,5H2,1H3. The zero-order chi connectivity index (χ0) is 21.6. The number of halogens is 13. The Balaban J connectivity index is 4.01. The zero-order valence-corrected chi connectivity index (χ0v) is 16.8. The molecule has 1 atom stereocenters. The van der Waals surface area contributed by atoms with Crippen LogP contribution in [0.15, 0.2) is 16.6 Å². The Hall–Kier alpha value is -0.0600. The summed E-state index contributed by atoms with van der Waals surface area (Å²) in [4.78, 5) is 0. The molecule has 0 saturated carbocycles. The van der Waals surface area contributed by atoms with Crippen molar-refractivity contribution in [3.63, 3.8) is 0 Å². The van der Waals surface area contributed by atoms with E-state index in [1.807, 2.05) is 0 Å². The van der Waals surface area contributed by atoms with E-state index in [9.17, 15) is 39.5 Å². The first-order valence-electron chi connectivity index (χ1n) is 6.88. The highest BCUT2D eigenvalue weighted by atomic mass is 79.9. The Bertz CT molecular complexity index is 695. The molecule has 0 N–H and O–H groups in total. The highest BCUT2D eigenvalue weighted by molar-refractivity contribution is 9.10. The van der Waals surface area contributed by atoms with Crippen LogP contribution in [0.1, 0.15) is 23.6 Å². The fourth-order valence-corrected chi connectivity index (χ4v) is 3.33. The minimum absolute atomic E-state index is 0.0921. The second-order valence-corrected chi connectivity index (χ2v) is 8.85. The van der Waals surface area contributed by atoms with Crippen molar-refractivity contribution < 1.29 is 39.5 Å². The molecular weight excluding hydrogens is 525 g/mol. The van der Waals surface area contributed by atoms with Crippen LogP contribution in [-0.4, -0.2) is 22.1 Å². The molecule has 0 amide bonds. The lowest BCUT2D eigenvalue weighted by Crippen LogP contribution is -2.60. The van der Waals surface area contributed by atoms with Gasteiger partial charge in [0, 0.05) is 16.5 Å². The van der Waals surface area contributed by atoms with Crippen molar-refractivity contribution in [3.05, 3.63) is 33.3 Å². The third kappa shape index (κ3) is 4.75. The minimum atomic E-state index is -6.84. The predicted molar refractivity (Wildman–Crippen MR) is 87.4 cm³/mol. The summed E-state index contributed by atoms with van der Waals surface area (Å²) in [6.45, 7) is 1.37. The lowest BCUT2D eigenvalue weighted by atomic mass is 9.82. The summed E-state index contributed by atoms with van der Waals surface area (Å²) in [6.07, 6.45) is -14.6. The summed E-state index contributed by atoms with van der Waals surface area (Å²) in [7, 11) is 0. The van der Waals surface area contributed by atoms with Crippen LogP contribution >= 0.6 is 50.7 Å². The summed E-state index contributed by atoms with van der Waals surface area (Å²) in [5.74, 6) is -6.81. The SMILES string of the molecule is CCc1cc(Br)c(CC(Cl)(Cl)Cl)c(C(F)(C(F)(F)F)C(F)(F)C(F)(F)F)c1. The molecule has 13 heteroatoms. The van der Waals surface area contributed by atoms with Crippen LogP contribution in [0.5, 0.6) is 0 Å². The van der Waals surface area contributed by atoms with Crippen LogP contribution in [-0.2, 0) is 18.5 Å². The number of hydrogen-bond acceptors (Lipinski definition) is 0. The monoisotopic (exact) mass is 532 g/mol. The molecule has 1 rings (SSSR count). The maximum absolute atomic E-state index is 14.9. The van der Waals surface area contributed by atoms with Gasteiger partial charge in [0.05, 0.1) is 0 Å². The van der Waals surface area contributed by atoms with E-state index < -0.39 is 49.8 Å². The quantitative estimate of drug-likeness (QED) is 0.273. The highest BCUT2D eigenvalue weighted by Crippen LogP contribution is 2.59. The fourth-order valence-electron chi connectivity index (χ4n) is 2.28. The van der Waals surface area contributed by atoms with Crippen molar-refractivity contribution in [2.45, 2.75) is 47.5 Å². The molecule has 27 heavy (non-hydrogen) atoms. The van der Waals surface area contributed by atoms with Gasteiger partial charge in [-0.15, -0.1) is 0 Å². The average molecular weight is 534 g/mol. The lowest BCUT2D eigenvalue weighted by Gasteiger charge is -2.38. The third-order valence-corrected chi connectivity index (χ3v) is 4.70. The number of rotatable bonds is 4. The second kappa shape index (κ2) is 7.65. The zero-order valence-electron chi connectivity index (χ0n) is 13.0. The lowest BCUT2D eigenvalue weighted by molar-refractivity contribution is -0.389. The van der Waals surface area contributed by atoms with Crippen molar-refractivity contribution in [2.75, 3.05) is 0 Å². The molecule has 0 spiro atoms. The van der Waals surface area contributed by atoms with Gasteiger partial charge in [0.15, 0.2) is 3.79 Å². The summed E-state index contributed by atoms with van der Waals surface area (Å²) in [5.41, 5.74) is -9.21. The van der Waals surface area contributed by atoms with Crippen LogP contribution in [0.2, 0.25) is 0 Å². The number of alkyl halides is 12. The van der Waals surface area contributed by atoms with E-state index in [2.05, 4.69) is 15.9 Å². The molecule has 0 aliphatic carbocycles. The number of aryl methyl sites for hydroxylation is 1. The van der Waals surface area contributed by atoms with Crippen molar-refractivity contribution in [1.29, 1.82) is 0 Å². The van der Waals surface area contributed by atoms with E-state index in [1.165, 1.54) is 6.92 Å². The molecular formula is C14H9BrCl3F9. The van der Waals surface area contributed by atoms with Gasteiger partial charge in [-0.3, -0.25) is 0 Å². The van der Waals surface area contributed by atoms with Gasteiger partial charge in [-0.2, -0.15) is 35.1 Å². The van der Waals surface area contributed by atoms with Crippen molar-refractivity contribution in [1.82, 2.24) is 0 Å². The van der Waals surface area contributed by atoms with E-state index in [4.69, 9.17) is 34.8 Å². The van der Waals surface area contributed by atoms with Crippen LogP contribution < -0.4 is 0 Å². The fraction of sp³-hybridized carbons (Fsp3) is 0.571. The topological polar surface area (TPSA) is 0 Å². The smallest absolute Gasteiger partial charge is 0.221 e. The molecule has 0 radical (unpaired) electrons. The van der Waals surface area contributed by atoms with Gasteiger partial charge in [0.2, 0.25) is 0 Å². The molecule has 0 nitrogen and oxygen atoms in total. The van der Waals surface area contributed by atoms with E-state index in [1.54, 1.807) is 0 Å². The van der Waals surface area contributed by atoms with Crippen LogP contribution in [0.3, 0.4) is 0 Å². The molecule has 0 aliphatic rings. The second-order valence-electron chi connectivity index (χ2n) is 5.48. The first-order chi connectivity index (χ1) is 11.8. The highest BCUT2D eigenvalue weighted by Gasteiger charge is 2.82. The molecule has 156 valence electrons. The summed E-state index contributed by atoms with van der Waals surface area (Å²) >= 11 is 19.1. The Labute approximate surface area is 171 Å². The van der Waals surface area contributed by atoms with Crippen molar-refractivity contribution in [3.8, 4) is 0 Å². The van der Waals surface area contributed by atoms with Gasteiger partial charge in [-0.05, 0) is 23.6 Å². The molecule has 0 aromatic heterocycles. The van der Waals surface area contributed by atoms with Crippen LogP contribution in [0.25, 0.3) is 0 Å². The molecule has 1 unspecified atom stereocenters. The van der Waals surface area contributed by atoms with Gasteiger partial charge in [0.1, 0.15) is 0 Å². The van der Waals surface area contributed by atoms with Crippen molar-refractivity contribution >= 4 is 50.7 Å². The maximum Gasteiger partial charge on any atom is 0.457 e. The summed E-state index contributed by atoms with van der Waals surface area (Å²) < 4.78 is 118. The van der Waals surface area contributed by atoms with Crippen LogP contribution in [0.4, 0.5) is 39.5 Å². The molecule has 0 heterocycles. The number of benzene rings is 1. The normalized spacial score (nSPS) is 16.4.